The highest BCUT2D eigenvalue weighted by atomic mass is 16.5. The van der Waals surface area contributed by atoms with E-state index in [1.807, 2.05) is 6.92 Å². The van der Waals surface area contributed by atoms with Gasteiger partial charge in [-0.1, -0.05) is 12.1 Å². The van der Waals surface area contributed by atoms with Crippen LogP contribution < -0.4 is 10.1 Å². The van der Waals surface area contributed by atoms with E-state index in [0.29, 0.717) is 31.1 Å². The largest absolute Gasteiger partial charge is 0.497 e. The molecule has 0 spiro atoms. The van der Waals surface area contributed by atoms with Gasteiger partial charge in [-0.3, -0.25) is 4.79 Å². The minimum Gasteiger partial charge on any atom is -0.497 e. The number of aliphatic carboxylic acids is 1. The second-order valence-electron chi connectivity index (χ2n) is 4.05. The second-order valence-corrected chi connectivity index (χ2v) is 4.05. The molecule has 1 aromatic rings. The maximum atomic E-state index is 11.2. The zero-order chi connectivity index (χ0) is 14.1. The van der Waals surface area contributed by atoms with Gasteiger partial charge in [-0.2, -0.15) is 0 Å². The van der Waals surface area contributed by atoms with Crippen molar-refractivity contribution in [2.75, 3.05) is 26.9 Å². The predicted molar refractivity (Wildman–Crippen MR) is 72.5 cm³/mol. The Labute approximate surface area is 113 Å². The summed E-state index contributed by atoms with van der Waals surface area (Å²) >= 11 is 0. The fourth-order valence-corrected chi connectivity index (χ4v) is 1.71. The van der Waals surface area contributed by atoms with Crippen LogP contribution in [-0.4, -0.2) is 37.9 Å². The lowest BCUT2D eigenvalue weighted by Gasteiger charge is -2.15. The van der Waals surface area contributed by atoms with Crippen LogP contribution in [0.3, 0.4) is 0 Å². The van der Waals surface area contributed by atoms with Gasteiger partial charge in [0, 0.05) is 13.2 Å². The van der Waals surface area contributed by atoms with Gasteiger partial charge in [0.05, 0.1) is 7.11 Å². The highest BCUT2D eigenvalue weighted by Gasteiger charge is 2.18. The first-order valence-electron chi connectivity index (χ1n) is 6.37. The molecule has 0 saturated carbocycles. The van der Waals surface area contributed by atoms with Crippen LogP contribution in [0.4, 0.5) is 0 Å². The highest BCUT2D eigenvalue weighted by Crippen LogP contribution is 2.17. The molecule has 0 aliphatic carbocycles. The fraction of sp³-hybridized carbons (Fsp3) is 0.500. The van der Waals surface area contributed by atoms with Gasteiger partial charge < -0.3 is 19.9 Å². The van der Waals surface area contributed by atoms with Gasteiger partial charge in [-0.25, -0.2) is 0 Å². The minimum absolute atomic E-state index is 0.600. The monoisotopic (exact) mass is 267 g/mol. The van der Waals surface area contributed by atoms with Crippen molar-refractivity contribution < 1.29 is 19.4 Å². The Bertz CT molecular complexity index is 378. The number of carboxylic acid groups (broad SMARTS) is 1. The van der Waals surface area contributed by atoms with Crippen LogP contribution in [0.2, 0.25) is 0 Å². The standard InChI is InChI=1S/C14H21NO4/c1-3-19-10-4-9-15-13(14(16)17)11-5-7-12(18-2)8-6-11/h5-8,13,15H,3-4,9-10H2,1-2H3,(H,16,17). The van der Waals surface area contributed by atoms with E-state index in [9.17, 15) is 9.90 Å². The molecule has 1 aromatic carbocycles. The molecular weight excluding hydrogens is 246 g/mol. The van der Waals surface area contributed by atoms with Crippen LogP contribution in [0.15, 0.2) is 24.3 Å². The van der Waals surface area contributed by atoms with E-state index in [1.54, 1.807) is 31.4 Å². The molecule has 106 valence electrons. The number of nitrogens with one attached hydrogen (secondary N) is 1. The van der Waals surface area contributed by atoms with E-state index in [-0.39, 0.29) is 0 Å². The molecule has 1 atom stereocenters. The number of benzene rings is 1. The quantitative estimate of drug-likeness (QED) is 0.668. The van der Waals surface area contributed by atoms with Crippen LogP contribution in [-0.2, 0) is 9.53 Å². The topological polar surface area (TPSA) is 67.8 Å². The molecule has 1 rings (SSSR count). The average Bonchev–Trinajstić information content (AvgIpc) is 2.43. The van der Waals surface area contributed by atoms with Crippen molar-refractivity contribution in [3.8, 4) is 5.75 Å². The van der Waals surface area contributed by atoms with Gasteiger partial charge in [0.25, 0.3) is 0 Å². The van der Waals surface area contributed by atoms with Crippen molar-refractivity contribution >= 4 is 5.97 Å². The Kier molecular flexibility index (Phi) is 6.92. The molecular formula is C14H21NO4. The third-order valence-electron chi connectivity index (χ3n) is 2.71. The third-order valence-corrected chi connectivity index (χ3v) is 2.71. The Morgan fingerprint density at radius 2 is 2.05 bits per heavy atom. The number of hydrogen-bond acceptors (Lipinski definition) is 4. The summed E-state index contributed by atoms with van der Waals surface area (Å²) in [6.07, 6.45) is 0.785. The normalized spacial score (nSPS) is 12.1. The molecule has 0 amide bonds. The van der Waals surface area contributed by atoms with Crippen molar-refractivity contribution in [2.45, 2.75) is 19.4 Å². The summed E-state index contributed by atoms with van der Waals surface area (Å²) < 4.78 is 10.3. The highest BCUT2D eigenvalue weighted by molar-refractivity contribution is 5.75. The molecule has 0 radical (unpaired) electrons. The van der Waals surface area contributed by atoms with Crippen molar-refractivity contribution in [1.82, 2.24) is 5.32 Å². The van der Waals surface area contributed by atoms with Crippen molar-refractivity contribution in [1.29, 1.82) is 0 Å². The maximum absolute atomic E-state index is 11.2. The lowest BCUT2D eigenvalue weighted by molar-refractivity contribution is -0.139. The number of rotatable bonds is 9. The molecule has 0 aliphatic heterocycles. The zero-order valence-electron chi connectivity index (χ0n) is 11.4. The Morgan fingerprint density at radius 1 is 1.37 bits per heavy atom. The lowest BCUT2D eigenvalue weighted by Crippen LogP contribution is -2.29. The smallest absolute Gasteiger partial charge is 0.325 e. The summed E-state index contributed by atoms with van der Waals surface area (Å²) in [5.74, 6) is -0.175. The van der Waals surface area contributed by atoms with Crippen LogP contribution in [0.1, 0.15) is 24.9 Å². The summed E-state index contributed by atoms with van der Waals surface area (Å²) in [7, 11) is 1.58. The Balaban J connectivity index is 2.53. The summed E-state index contributed by atoms with van der Waals surface area (Å²) in [5.41, 5.74) is 0.713. The van der Waals surface area contributed by atoms with Crippen molar-refractivity contribution in [3.05, 3.63) is 29.8 Å². The number of hydrogen-bond donors (Lipinski definition) is 2. The van der Waals surface area contributed by atoms with Crippen LogP contribution in [0.25, 0.3) is 0 Å². The summed E-state index contributed by atoms with van der Waals surface area (Å²) in [6, 6.07) is 6.33. The summed E-state index contributed by atoms with van der Waals surface area (Å²) in [6.45, 7) is 3.85. The van der Waals surface area contributed by atoms with E-state index < -0.39 is 12.0 Å². The SMILES string of the molecule is CCOCCCNC(C(=O)O)c1ccc(OC)cc1. The molecule has 0 aromatic heterocycles. The lowest BCUT2D eigenvalue weighted by atomic mass is 10.1. The van der Waals surface area contributed by atoms with Gasteiger partial charge in [0.2, 0.25) is 0 Å². The number of ether oxygens (including phenoxy) is 2. The fourth-order valence-electron chi connectivity index (χ4n) is 1.71. The van der Waals surface area contributed by atoms with E-state index >= 15 is 0 Å². The van der Waals surface area contributed by atoms with Crippen LogP contribution in [0, 0.1) is 0 Å². The van der Waals surface area contributed by atoms with Gasteiger partial charge in [0.1, 0.15) is 11.8 Å². The average molecular weight is 267 g/mol. The first kappa shape index (κ1) is 15.5. The molecule has 0 saturated heterocycles. The zero-order valence-corrected chi connectivity index (χ0v) is 11.4. The number of methoxy groups -OCH3 is 1. The number of carboxylic acids is 1. The molecule has 5 heteroatoms. The van der Waals surface area contributed by atoms with Crippen LogP contribution in [0.5, 0.6) is 5.75 Å². The Hall–Kier alpha value is -1.59. The minimum atomic E-state index is -0.887. The second kappa shape index (κ2) is 8.50. The van der Waals surface area contributed by atoms with Gasteiger partial charge >= 0.3 is 5.97 Å². The van der Waals surface area contributed by atoms with E-state index in [1.165, 1.54) is 0 Å². The molecule has 1 unspecified atom stereocenters. The van der Waals surface area contributed by atoms with Crippen LogP contribution >= 0.6 is 0 Å². The molecule has 0 fully saturated rings. The molecule has 0 aliphatic rings. The van der Waals surface area contributed by atoms with E-state index in [2.05, 4.69) is 5.32 Å². The van der Waals surface area contributed by atoms with E-state index in [4.69, 9.17) is 9.47 Å². The molecule has 0 heterocycles. The maximum Gasteiger partial charge on any atom is 0.325 e. The van der Waals surface area contributed by atoms with Crippen molar-refractivity contribution in [2.24, 2.45) is 0 Å². The third kappa shape index (κ3) is 5.28. The molecule has 0 bridgehead atoms. The van der Waals surface area contributed by atoms with E-state index in [0.717, 1.165) is 6.42 Å². The molecule has 5 nitrogen and oxygen atoms in total. The molecule has 19 heavy (non-hydrogen) atoms. The molecule has 2 N–H and O–H groups in total. The van der Waals surface area contributed by atoms with Crippen molar-refractivity contribution in [3.63, 3.8) is 0 Å². The number of carbonyl (C=O) groups is 1. The van der Waals surface area contributed by atoms with Gasteiger partial charge in [0.15, 0.2) is 0 Å². The van der Waals surface area contributed by atoms with Gasteiger partial charge in [-0.05, 0) is 37.6 Å². The summed E-state index contributed by atoms with van der Waals surface area (Å²) in [4.78, 5) is 11.2. The first-order chi connectivity index (χ1) is 9.19. The summed E-state index contributed by atoms with van der Waals surface area (Å²) in [5, 5.41) is 12.2. The first-order valence-corrected chi connectivity index (χ1v) is 6.37. The van der Waals surface area contributed by atoms with Gasteiger partial charge in [-0.15, -0.1) is 0 Å². The predicted octanol–water partition coefficient (Wildman–Crippen LogP) is 1.84. The Morgan fingerprint density at radius 3 is 2.58 bits per heavy atom.